The van der Waals surface area contributed by atoms with E-state index in [1.807, 2.05) is 6.92 Å². The molecule has 25 heavy (non-hydrogen) atoms. The van der Waals surface area contributed by atoms with E-state index in [1.165, 1.54) is 37.9 Å². The number of hydrogen-bond donors (Lipinski definition) is 2. The Hall–Kier alpha value is -1.56. The van der Waals surface area contributed by atoms with Crippen molar-refractivity contribution in [1.29, 1.82) is 0 Å². The number of amides is 2. The first-order valence-corrected chi connectivity index (χ1v) is 9.92. The summed E-state index contributed by atoms with van der Waals surface area (Å²) in [5.74, 6) is 1.20. The number of fused-ring (bicyclic) bond motifs is 1. The molecule has 3 aliphatic rings. The number of hydrogen-bond acceptors (Lipinski definition) is 3. The molecular weight excluding hydrogens is 316 g/mol. The van der Waals surface area contributed by atoms with Crippen LogP contribution in [0.15, 0.2) is 6.20 Å². The van der Waals surface area contributed by atoms with Gasteiger partial charge in [0.05, 0.1) is 11.8 Å². The lowest BCUT2D eigenvalue weighted by molar-refractivity contribution is -0.169. The third-order valence-corrected chi connectivity index (χ3v) is 6.37. The molecule has 1 aromatic rings. The van der Waals surface area contributed by atoms with Crippen molar-refractivity contribution in [3.8, 4) is 0 Å². The number of carbonyl (C=O) groups excluding carboxylic acids is 1. The van der Waals surface area contributed by atoms with E-state index in [4.69, 9.17) is 4.74 Å². The van der Waals surface area contributed by atoms with Crippen molar-refractivity contribution >= 4 is 6.03 Å². The zero-order valence-corrected chi connectivity index (χ0v) is 15.2. The summed E-state index contributed by atoms with van der Waals surface area (Å²) in [7, 11) is 0. The Bertz CT molecular complexity index is 599. The first kappa shape index (κ1) is 16.9. The maximum atomic E-state index is 12.2. The van der Waals surface area contributed by atoms with Gasteiger partial charge in [-0.2, -0.15) is 0 Å². The van der Waals surface area contributed by atoms with E-state index in [0.29, 0.717) is 12.6 Å². The van der Waals surface area contributed by atoms with Crippen molar-refractivity contribution < 1.29 is 9.53 Å². The molecular formula is C19H30N4O2. The number of aryl methyl sites for hydroxylation is 2. The van der Waals surface area contributed by atoms with Gasteiger partial charge in [-0.3, -0.25) is 0 Å². The largest absolute Gasteiger partial charge is 0.378 e. The van der Waals surface area contributed by atoms with Gasteiger partial charge in [-0.25, -0.2) is 9.78 Å². The van der Waals surface area contributed by atoms with Gasteiger partial charge in [-0.15, -0.1) is 0 Å². The van der Waals surface area contributed by atoms with E-state index in [1.54, 1.807) is 0 Å². The zero-order chi connectivity index (χ0) is 17.3. The number of nitrogens with one attached hydrogen (secondary N) is 2. The molecule has 0 bridgehead atoms. The van der Waals surface area contributed by atoms with Crippen molar-refractivity contribution in [3.63, 3.8) is 0 Å². The smallest absolute Gasteiger partial charge is 0.315 e. The molecule has 0 aromatic carbocycles. The van der Waals surface area contributed by atoms with E-state index >= 15 is 0 Å². The minimum atomic E-state index is -0.0461. The Balaban J connectivity index is 1.21. The van der Waals surface area contributed by atoms with Crippen LogP contribution in [0, 0.1) is 5.41 Å². The second-order valence-electron chi connectivity index (χ2n) is 7.77. The third kappa shape index (κ3) is 3.16. The van der Waals surface area contributed by atoms with Gasteiger partial charge < -0.3 is 19.9 Å². The lowest BCUT2D eigenvalue weighted by Gasteiger charge is -2.60. The number of rotatable bonds is 6. The first-order chi connectivity index (χ1) is 12.2. The van der Waals surface area contributed by atoms with Crippen LogP contribution < -0.4 is 10.6 Å². The molecule has 0 radical (unpaired) electrons. The van der Waals surface area contributed by atoms with Gasteiger partial charge in [-0.1, -0.05) is 6.42 Å². The van der Waals surface area contributed by atoms with E-state index in [9.17, 15) is 4.79 Å². The average molecular weight is 346 g/mol. The SMILES string of the molecule is CCO[C@H]1C[C@@H](NC(=O)NCCc2cn3c(n2)CCCC3)C12CCC2. The lowest BCUT2D eigenvalue weighted by atomic mass is 9.51. The van der Waals surface area contributed by atoms with Gasteiger partial charge in [0.1, 0.15) is 5.82 Å². The van der Waals surface area contributed by atoms with Gasteiger partial charge in [0, 0.05) is 50.2 Å². The van der Waals surface area contributed by atoms with E-state index in [0.717, 1.165) is 38.1 Å². The predicted molar refractivity (Wildman–Crippen MR) is 95.5 cm³/mol. The van der Waals surface area contributed by atoms with Crippen LogP contribution in [0.1, 0.15) is 57.0 Å². The second kappa shape index (κ2) is 6.98. The number of ether oxygens (including phenoxy) is 1. The first-order valence-electron chi connectivity index (χ1n) is 9.92. The summed E-state index contributed by atoms with van der Waals surface area (Å²) in [4.78, 5) is 16.9. The molecule has 2 amide bonds. The molecule has 2 saturated carbocycles. The number of urea groups is 1. The molecule has 1 aromatic heterocycles. The molecule has 2 atom stereocenters. The highest BCUT2D eigenvalue weighted by Gasteiger charge is 2.59. The van der Waals surface area contributed by atoms with Crippen molar-refractivity contribution in [2.45, 2.75) is 77.0 Å². The zero-order valence-electron chi connectivity index (χ0n) is 15.2. The maximum absolute atomic E-state index is 12.2. The average Bonchev–Trinajstić information content (AvgIpc) is 2.95. The van der Waals surface area contributed by atoms with Crippen LogP contribution in [0.5, 0.6) is 0 Å². The van der Waals surface area contributed by atoms with Crippen LogP contribution in [-0.4, -0.2) is 40.9 Å². The number of carbonyl (C=O) groups is 1. The monoisotopic (exact) mass is 346 g/mol. The maximum Gasteiger partial charge on any atom is 0.315 e. The van der Waals surface area contributed by atoms with Gasteiger partial charge in [0.2, 0.25) is 0 Å². The Morgan fingerprint density at radius 1 is 1.40 bits per heavy atom. The summed E-state index contributed by atoms with van der Waals surface area (Å²) >= 11 is 0. The normalized spacial score (nSPS) is 26.4. The van der Waals surface area contributed by atoms with Crippen LogP contribution in [0.25, 0.3) is 0 Å². The molecule has 0 unspecified atom stereocenters. The van der Waals surface area contributed by atoms with E-state index in [2.05, 4.69) is 26.4 Å². The molecule has 2 fully saturated rings. The summed E-state index contributed by atoms with van der Waals surface area (Å²) in [6.07, 6.45) is 11.4. The van der Waals surface area contributed by atoms with E-state index < -0.39 is 0 Å². The molecule has 2 heterocycles. The number of imidazole rings is 1. The Kier molecular flexibility index (Phi) is 4.71. The Morgan fingerprint density at radius 2 is 2.28 bits per heavy atom. The van der Waals surface area contributed by atoms with Crippen LogP contribution in [0.4, 0.5) is 4.79 Å². The summed E-state index contributed by atoms with van der Waals surface area (Å²) in [6, 6.07) is 0.230. The standard InChI is InChI=1S/C19H30N4O2/c1-2-25-16-12-15(19(16)8-5-9-19)22-18(24)20-10-7-14-13-23-11-4-3-6-17(23)21-14/h13,15-16H,2-12H2,1H3,(H2,20,22,24)/t15-,16+/m1/s1. The van der Waals surface area contributed by atoms with Gasteiger partial charge in [-0.05, 0) is 39.0 Å². The number of aromatic nitrogens is 2. The van der Waals surface area contributed by atoms with Crippen molar-refractivity contribution in [2.24, 2.45) is 5.41 Å². The minimum absolute atomic E-state index is 0.0461. The highest BCUT2D eigenvalue weighted by molar-refractivity contribution is 5.74. The molecule has 138 valence electrons. The third-order valence-electron chi connectivity index (χ3n) is 6.37. The summed E-state index contributed by atoms with van der Waals surface area (Å²) < 4.78 is 8.11. The second-order valence-corrected chi connectivity index (χ2v) is 7.77. The highest BCUT2D eigenvalue weighted by Crippen LogP contribution is 2.57. The molecule has 0 saturated heterocycles. The Labute approximate surface area is 149 Å². The van der Waals surface area contributed by atoms with Crippen molar-refractivity contribution in [2.75, 3.05) is 13.2 Å². The highest BCUT2D eigenvalue weighted by atomic mass is 16.5. The molecule has 1 aliphatic heterocycles. The topological polar surface area (TPSA) is 68.2 Å². The summed E-state index contributed by atoms with van der Waals surface area (Å²) in [5.41, 5.74) is 1.31. The quantitative estimate of drug-likeness (QED) is 0.831. The Morgan fingerprint density at radius 3 is 3.00 bits per heavy atom. The van der Waals surface area contributed by atoms with Gasteiger partial charge >= 0.3 is 6.03 Å². The van der Waals surface area contributed by atoms with E-state index in [-0.39, 0.29) is 17.5 Å². The van der Waals surface area contributed by atoms with Gasteiger partial charge in [0.15, 0.2) is 0 Å². The summed E-state index contributed by atoms with van der Waals surface area (Å²) in [6.45, 7) is 4.53. The fourth-order valence-corrected chi connectivity index (χ4v) is 4.75. The predicted octanol–water partition coefficient (Wildman–Crippen LogP) is 2.41. The molecule has 6 heteroatoms. The van der Waals surface area contributed by atoms with Crippen LogP contribution in [-0.2, 0) is 24.1 Å². The van der Waals surface area contributed by atoms with Crippen LogP contribution in [0.2, 0.25) is 0 Å². The number of nitrogens with zero attached hydrogens (tertiary/aromatic N) is 2. The van der Waals surface area contributed by atoms with Crippen LogP contribution in [0.3, 0.4) is 0 Å². The van der Waals surface area contributed by atoms with Gasteiger partial charge in [0.25, 0.3) is 0 Å². The van der Waals surface area contributed by atoms with Crippen LogP contribution >= 0.6 is 0 Å². The van der Waals surface area contributed by atoms with Crippen molar-refractivity contribution in [3.05, 3.63) is 17.7 Å². The molecule has 2 N–H and O–H groups in total. The molecule has 1 spiro atoms. The fourth-order valence-electron chi connectivity index (χ4n) is 4.75. The molecule has 4 rings (SSSR count). The molecule has 6 nitrogen and oxygen atoms in total. The fraction of sp³-hybridized carbons (Fsp3) is 0.789. The minimum Gasteiger partial charge on any atom is -0.378 e. The van der Waals surface area contributed by atoms with Crippen molar-refractivity contribution in [1.82, 2.24) is 20.2 Å². The summed E-state index contributed by atoms with van der Waals surface area (Å²) in [5, 5.41) is 6.18. The lowest BCUT2D eigenvalue weighted by Crippen LogP contribution is -2.68. The molecule has 2 aliphatic carbocycles.